The maximum Gasteiger partial charge on any atom is 0.339 e. The Bertz CT molecular complexity index is 1230. The first-order chi connectivity index (χ1) is 14.4. The van der Waals surface area contributed by atoms with Crippen molar-refractivity contribution in [3.05, 3.63) is 96.6 Å². The summed E-state index contributed by atoms with van der Waals surface area (Å²) in [4.78, 5) is 11.0. The summed E-state index contributed by atoms with van der Waals surface area (Å²) in [6.45, 7) is 1.86. The summed E-state index contributed by atoms with van der Waals surface area (Å²) in [6.07, 6.45) is 7.57. The molecule has 6 nitrogen and oxygen atoms in total. The number of aromatic hydroxyl groups is 2. The molecule has 0 unspecified atom stereocenters. The van der Waals surface area contributed by atoms with E-state index >= 15 is 0 Å². The fourth-order valence-corrected chi connectivity index (χ4v) is 3.20. The van der Waals surface area contributed by atoms with Crippen LogP contribution >= 0.6 is 0 Å². The second-order valence-corrected chi connectivity index (χ2v) is 6.97. The average Bonchev–Trinajstić information content (AvgIpc) is 2.75. The predicted molar refractivity (Wildman–Crippen MR) is 110 cm³/mol. The fourth-order valence-electron chi connectivity index (χ4n) is 3.20. The van der Waals surface area contributed by atoms with Crippen LogP contribution in [0.4, 0.5) is 0 Å². The molecule has 0 bridgehead atoms. The molecule has 0 spiro atoms. The molecule has 4 rings (SSSR count). The number of carboxylic acids is 1. The van der Waals surface area contributed by atoms with Gasteiger partial charge in [0.15, 0.2) is 24.8 Å². The number of aromatic carboxylic acids is 1. The number of phenols is 2. The lowest BCUT2D eigenvalue weighted by Crippen LogP contribution is -2.29. The second kappa shape index (κ2) is 7.67. The molecule has 2 aromatic carbocycles. The van der Waals surface area contributed by atoms with E-state index in [2.05, 4.69) is 0 Å². The first-order valence-electron chi connectivity index (χ1n) is 9.32. The van der Waals surface area contributed by atoms with E-state index in [4.69, 9.17) is 5.11 Å². The molecular weight excluding hydrogens is 380 g/mol. The maximum absolute atomic E-state index is 11.0. The summed E-state index contributed by atoms with van der Waals surface area (Å²) in [6, 6.07) is 17.9. The van der Waals surface area contributed by atoms with Crippen LogP contribution in [0.3, 0.4) is 0 Å². The zero-order valence-electron chi connectivity index (χ0n) is 16.2. The molecule has 2 aromatic heterocycles. The SMILES string of the molecule is Cc1ccc(-[n+]2ccc(-c3cc[n+](-c4ccc(C(=O)O)c(O)c4)cc3)cc2)cc1O. The lowest BCUT2D eigenvalue weighted by molar-refractivity contribution is -0.596. The summed E-state index contributed by atoms with van der Waals surface area (Å²) in [5.41, 5.74) is 4.28. The summed E-state index contributed by atoms with van der Waals surface area (Å²) in [7, 11) is 0. The highest BCUT2D eigenvalue weighted by atomic mass is 16.4. The van der Waals surface area contributed by atoms with E-state index in [0.717, 1.165) is 22.4 Å². The summed E-state index contributed by atoms with van der Waals surface area (Å²) in [5, 5.41) is 28.8. The third kappa shape index (κ3) is 3.71. The lowest BCUT2D eigenvalue weighted by Gasteiger charge is -2.03. The first-order valence-corrected chi connectivity index (χ1v) is 9.32. The van der Waals surface area contributed by atoms with Crippen LogP contribution < -0.4 is 9.13 Å². The third-order valence-corrected chi connectivity index (χ3v) is 4.99. The molecule has 0 aliphatic heterocycles. The quantitative estimate of drug-likeness (QED) is 0.459. The minimum atomic E-state index is -1.17. The van der Waals surface area contributed by atoms with Crippen molar-refractivity contribution in [2.75, 3.05) is 0 Å². The fraction of sp³-hybridized carbons (Fsp3) is 0.0417. The Kier molecular flexibility index (Phi) is 4.90. The van der Waals surface area contributed by atoms with Gasteiger partial charge in [0.2, 0.25) is 11.4 Å². The number of pyridine rings is 2. The van der Waals surface area contributed by atoms with Gasteiger partial charge in [0.25, 0.3) is 0 Å². The van der Waals surface area contributed by atoms with E-state index in [-0.39, 0.29) is 17.1 Å². The molecule has 0 atom stereocenters. The molecule has 0 saturated carbocycles. The zero-order valence-corrected chi connectivity index (χ0v) is 16.2. The van der Waals surface area contributed by atoms with Crippen molar-refractivity contribution < 1.29 is 29.2 Å². The van der Waals surface area contributed by atoms with E-state index in [1.165, 1.54) is 12.1 Å². The van der Waals surface area contributed by atoms with Crippen LogP contribution in [0.25, 0.3) is 22.5 Å². The molecule has 148 valence electrons. The number of carboxylic acid groups (broad SMARTS) is 1. The molecular formula is C24H20N2O4+2. The van der Waals surface area contributed by atoms with E-state index in [1.807, 2.05) is 72.7 Å². The monoisotopic (exact) mass is 400 g/mol. The lowest BCUT2D eigenvalue weighted by atomic mass is 10.1. The Labute approximate surface area is 173 Å². The van der Waals surface area contributed by atoms with Crippen molar-refractivity contribution in [3.8, 4) is 34.0 Å². The number of hydrogen-bond donors (Lipinski definition) is 3. The Balaban J connectivity index is 1.57. The Morgan fingerprint density at radius 1 is 0.700 bits per heavy atom. The highest BCUT2D eigenvalue weighted by Crippen LogP contribution is 2.21. The van der Waals surface area contributed by atoms with Gasteiger partial charge in [0.1, 0.15) is 17.1 Å². The van der Waals surface area contributed by atoms with Gasteiger partial charge in [-0.1, -0.05) is 0 Å². The average molecular weight is 400 g/mol. The van der Waals surface area contributed by atoms with Crippen molar-refractivity contribution in [2.45, 2.75) is 6.92 Å². The molecule has 0 aliphatic rings. The van der Waals surface area contributed by atoms with Gasteiger partial charge in [-0.15, -0.1) is 0 Å². The van der Waals surface area contributed by atoms with Crippen LogP contribution in [0.2, 0.25) is 0 Å². The Morgan fingerprint density at radius 3 is 1.60 bits per heavy atom. The molecule has 2 heterocycles. The van der Waals surface area contributed by atoms with Gasteiger partial charge in [-0.3, -0.25) is 0 Å². The van der Waals surface area contributed by atoms with Gasteiger partial charge in [-0.2, -0.15) is 9.13 Å². The molecule has 0 aliphatic carbocycles. The van der Waals surface area contributed by atoms with Crippen molar-refractivity contribution in [3.63, 3.8) is 0 Å². The van der Waals surface area contributed by atoms with Crippen LogP contribution in [0.1, 0.15) is 15.9 Å². The van der Waals surface area contributed by atoms with Crippen molar-refractivity contribution >= 4 is 5.97 Å². The molecule has 6 heteroatoms. The molecule has 3 N–H and O–H groups in total. The number of benzene rings is 2. The number of nitrogens with zero attached hydrogens (tertiary/aromatic N) is 2. The van der Waals surface area contributed by atoms with Crippen LogP contribution in [0, 0.1) is 6.92 Å². The van der Waals surface area contributed by atoms with Crippen molar-refractivity contribution in [1.29, 1.82) is 0 Å². The Hall–Kier alpha value is -4.19. The topological polar surface area (TPSA) is 85.5 Å². The van der Waals surface area contributed by atoms with E-state index in [9.17, 15) is 15.0 Å². The number of aryl methyl sites for hydroxylation is 1. The highest BCUT2D eigenvalue weighted by Gasteiger charge is 2.15. The molecule has 0 radical (unpaired) electrons. The minimum Gasteiger partial charge on any atom is -0.507 e. The smallest absolute Gasteiger partial charge is 0.339 e. The van der Waals surface area contributed by atoms with Crippen LogP contribution in [-0.4, -0.2) is 21.3 Å². The van der Waals surface area contributed by atoms with Gasteiger partial charge >= 0.3 is 5.97 Å². The number of phenolic OH excluding ortho intramolecular Hbond substituents is 1. The maximum atomic E-state index is 11.0. The summed E-state index contributed by atoms with van der Waals surface area (Å²) in [5.74, 6) is -1.17. The van der Waals surface area contributed by atoms with Crippen LogP contribution in [-0.2, 0) is 0 Å². The van der Waals surface area contributed by atoms with E-state index in [0.29, 0.717) is 5.69 Å². The Morgan fingerprint density at radius 2 is 1.17 bits per heavy atom. The summed E-state index contributed by atoms with van der Waals surface area (Å²) < 4.78 is 3.73. The highest BCUT2D eigenvalue weighted by molar-refractivity contribution is 5.90. The largest absolute Gasteiger partial charge is 0.507 e. The number of carbonyl (C=O) groups is 1. The van der Waals surface area contributed by atoms with Crippen LogP contribution in [0.5, 0.6) is 11.5 Å². The zero-order chi connectivity index (χ0) is 21.3. The van der Waals surface area contributed by atoms with Gasteiger partial charge in [0, 0.05) is 36.4 Å². The minimum absolute atomic E-state index is 0.129. The van der Waals surface area contributed by atoms with Gasteiger partial charge in [-0.25, -0.2) is 4.79 Å². The second-order valence-electron chi connectivity index (χ2n) is 6.97. The van der Waals surface area contributed by atoms with E-state index < -0.39 is 5.97 Å². The molecule has 0 saturated heterocycles. The molecule has 4 aromatic rings. The number of aromatic nitrogens is 2. The number of rotatable bonds is 4. The van der Waals surface area contributed by atoms with Crippen molar-refractivity contribution in [2.24, 2.45) is 0 Å². The summed E-state index contributed by atoms with van der Waals surface area (Å²) >= 11 is 0. The molecule has 0 amide bonds. The van der Waals surface area contributed by atoms with E-state index in [1.54, 1.807) is 16.7 Å². The van der Waals surface area contributed by atoms with Crippen LogP contribution in [0.15, 0.2) is 85.5 Å². The predicted octanol–water partition coefficient (Wildman–Crippen LogP) is 3.32. The van der Waals surface area contributed by atoms with Gasteiger partial charge < -0.3 is 15.3 Å². The van der Waals surface area contributed by atoms with Crippen molar-refractivity contribution in [1.82, 2.24) is 0 Å². The van der Waals surface area contributed by atoms with Gasteiger partial charge in [-0.05, 0) is 35.7 Å². The third-order valence-electron chi connectivity index (χ3n) is 4.99. The molecule has 30 heavy (non-hydrogen) atoms. The van der Waals surface area contributed by atoms with Gasteiger partial charge in [0.05, 0.1) is 12.1 Å². The standard InChI is InChI=1S/C24H18N2O4/c1-16-2-3-19(14-22(16)27)25-10-6-17(7-11-25)18-8-12-26(13-9-18)20-4-5-21(24(29)30)23(28)15-20/h2-15H,1H3,(H-2,27,28,29,30)/p+2. The first kappa shape index (κ1) is 19.1. The normalized spacial score (nSPS) is 10.7. The number of hydrogen-bond acceptors (Lipinski definition) is 3. The molecule has 0 fully saturated rings.